The minimum absolute atomic E-state index is 0.227. The maximum atomic E-state index is 11.0. The van der Waals surface area contributed by atoms with Crippen LogP contribution in [0, 0.1) is 6.92 Å². The highest BCUT2D eigenvalue weighted by Gasteiger charge is 2.02. The zero-order valence-corrected chi connectivity index (χ0v) is 8.73. The first-order valence-electron chi connectivity index (χ1n) is 4.30. The molecule has 0 fully saturated rings. The van der Waals surface area contributed by atoms with Gasteiger partial charge in [0.2, 0.25) is 0 Å². The van der Waals surface area contributed by atoms with Gasteiger partial charge in [-0.05, 0) is 18.6 Å². The first kappa shape index (κ1) is 10.3. The van der Waals surface area contributed by atoms with Crippen LogP contribution >= 0.6 is 11.8 Å². The topological polar surface area (TPSA) is 30.0 Å². The quantitative estimate of drug-likeness (QED) is 0.742. The molecule has 1 rings (SSSR count). The Labute approximate surface area is 82.8 Å². The van der Waals surface area contributed by atoms with Gasteiger partial charge in [-0.25, -0.2) is 0 Å². The summed E-state index contributed by atoms with van der Waals surface area (Å²) in [5.41, 5.74) is 2.16. The molecule has 0 atom stereocenters. The monoisotopic (exact) mass is 195 g/mol. The molecule has 0 unspecified atom stereocenters. The smallest absolute Gasteiger partial charge is 0.189 e. The lowest BCUT2D eigenvalue weighted by atomic mass is 10.2. The van der Waals surface area contributed by atoms with Crippen molar-refractivity contribution in [1.29, 1.82) is 0 Å². The summed E-state index contributed by atoms with van der Waals surface area (Å²) in [7, 11) is 0. The van der Waals surface area contributed by atoms with Crippen molar-refractivity contribution in [3.8, 4) is 0 Å². The number of carbonyl (C=O) groups is 1. The molecule has 1 aromatic rings. The molecule has 0 aromatic carbocycles. The van der Waals surface area contributed by atoms with Crippen molar-refractivity contribution in [2.45, 2.75) is 26.0 Å². The summed E-state index contributed by atoms with van der Waals surface area (Å²) in [6, 6.07) is 3.92. The van der Waals surface area contributed by atoms with Gasteiger partial charge >= 0.3 is 0 Å². The zero-order chi connectivity index (χ0) is 9.68. The van der Waals surface area contributed by atoms with Crippen molar-refractivity contribution >= 4 is 16.9 Å². The third-order valence-electron chi connectivity index (χ3n) is 1.78. The molecule has 13 heavy (non-hydrogen) atoms. The first-order valence-corrected chi connectivity index (χ1v) is 5.28. The molecule has 70 valence electrons. The molecule has 0 spiro atoms. The Hall–Kier alpha value is -0.830. The number of aryl methyl sites for hydroxylation is 1. The Balaban J connectivity index is 2.54. The van der Waals surface area contributed by atoms with Crippen molar-refractivity contribution in [3.05, 3.63) is 29.6 Å². The van der Waals surface area contributed by atoms with Crippen LogP contribution in [0.2, 0.25) is 0 Å². The van der Waals surface area contributed by atoms with Crippen molar-refractivity contribution < 1.29 is 4.79 Å². The fourth-order valence-electron chi connectivity index (χ4n) is 0.920. The average Bonchev–Trinajstić information content (AvgIpc) is 2.16. The van der Waals surface area contributed by atoms with Gasteiger partial charge < -0.3 is 0 Å². The van der Waals surface area contributed by atoms with Crippen molar-refractivity contribution in [2.24, 2.45) is 0 Å². The third kappa shape index (κ3) is 3.19. The summed E-state index contributed by atoms with van der Waals surface area (Å²) in [4.78, 5) is 15.2. The van der Waals surface area contributed by atoms with Crippen LogP contribution in [0.15, 0.2) is 18.3 Å². The molecule has 0 aliphatic carbocycles. The van der Waals surface area contributed by atoms with Crippen LogP contribution in [-0.2, 0) is 10.5 Å². The molecular weight excluding hydrogens is 182 g/mol. The molecule has 0 saturated carbocycles. The summed E-state index contributed by atoms with van der Waals surface area (Å²) < 4.78 is 0. The summed E-state index contributed by atoms with van der Waals surface area (Å²) in [5, 5.41) is 0.227. The van der Waals surface area contributed by atoms with Crippen LogP contribution in [-0.4, -0.2) is 10.1 Å². The molecule has 3 heteroatoms. The second-order valence-corrected chi connectivity index (χ2v) is 3.81. The first-order chi connectivity index (χ1) is 6.24. The van der Waals surface area contributed by atoms with E-state index in [-0.39, 0.29) is 5.12 Å². The minimum atomic E-state index is 0.227. The normalized spacial score (nSPS) is 10.0. The molecule has 0 saturated heterocycles. The van der Waals surface area contributed by atoms with Gasteiger partial charge in [0.05, 0.1) is 5.69 Å². The Kier molecular flexibility index (Phi) is 3.96. The van der Waals surface area contributed by atoms with E-state index < -0.39 is 0 Å². The summed E-state index contributed by atoms with van der Waals surface area (Å²) >= 11 is 1.34. The van der Waals surface area contributed by atoms with E-state index >= 15 is 0 Å². The molecular formula is C10H13NOS. The number of thioether (sulfide) groups is 1. The predicted molar refractivity (Wildman–Crippen MR) is 55.6 cm³/mol. The molecule has 0 aliphatic rings. The largest absolute Gasteiger partial charge is 0.287 e. The van der Waals surface area contributed by atoms with Crippen LogP contribution in [0.5, 0.6) is 0 Å². The van der Waals surface area contributed by atoms with E-state index in [1.807, 2.05) is 26.0 Å². The van der Waals surface area contributed by atoms with E-state index in [4.69, 9.17) is 0 Å². The van der Waals surface area contributed by atoms with Gasteiger partial charge in [-0.2, -0.15) is 0 Å². The van der Waals surface area contributed by atoms with E-state index in [1.54, 1.807) is 6.20 Å². The van der Waals surface area contributed by atoms with E-state index in [0.29, 0.717) is 12.2 Å². The standard InChI is InChI=1S/C10H13NOS/c1-3-10(12)13-7-9-8(2)5-4-6-11-9/h4-6H,3,7H2,1-2H3. The summed E-state index contributed by atoms with van der Waals surface area (Å²) in [5.74, 6) is 0.694. The highest BCUT2D eigenvalue weighted by Crippen LogP contribution is 2.14. The van der Waals surface area contributed by atoms with Crippen LogP contribution in [0.1, 0.15) is 24.6 Å². The van der Waals surface area contributed by atoms with Gasteiger partial charge in [0.25, 0.3) is 0 Å². The average molecular weight is 195 g/mol. The summed E-state index contributed by atoms with van der Waals surface area (Å²) in [6.45, 7) is 3.89. The Bertz CT molecular complexity index is 299. The van der Waals surface area contributed by atoms with Crippen LogP contribution in [0.3, 0.4) is 0 Å². The van der Waals surface area contributed by atoms with Crippen LogP contribution < -0.4 is 0 Å². The maximum Gasteiger partial charge on any atom is 0.189 e. The SMILES string of the molecule is CCC(=O)SCc1ncccc1C. The van der Waals surface area contributed by atoms with Gasteiger partial charge in [0, 0.05) is 18.4 Å². The molecule has 0 aliphatic heterocycles. The van der Waals surface area contributed by atoms with Gasteiger partial charge in [0.15, 0.2) is 5.12 Å². The van der Waals surface area contributed by atoms with E-state index in [2.05, 4.69) is 4.98 Å². The number of aromatic nitrogens is 1. The molecule has 1 aromatic heterocycles. The summed E-state index contributed by atoms with van der Waals surface area (Å²) in [6.07, 6.45) is 2.36. The fourth-order valence-corrected chi connectivity index (χ4v) is 1.72. The lowest BCUT2D eigenvalue weighted by molar-refractivity contribution is -0.110. The van der Waals surface area contributed by atoms with Crippen LogP contribution in [0.25, 0.3) is 0 Å². The molecule has 2 nitrogen and oxygen atoms in total. The van der Waals surface area contributed by atoms with Crippen molar-refractivity contribution in [1.82, 2.24) is 4.98 Å². The fraction of sp³-hybridized carbons (Fsp3) is 0.400. The lowest BCUT2D eigenvalue weighted by Crippen LogP contribution is -1.94. The number of hydrogen-bond donors (Lipinski definition) is 0. The maximum absolute atomic E-state index is 11.0. The molecule has 0 N–H and O–H groups in total. The Morgan fingerprint density at radius 3 is 3.00 bits per heavy atom. The minimum Gasteiger partial charge on any atom is -0.287 e. The molecule has 0 bridgehead atoms. The number of rotatable bonds is 3. The lowest BCUT2D eigenvalue weighted by Gasteiger charge is -2.01. The van der Waals surface area contributed by atoms with E-state index in [1.165, 1.54) is 11.8 Å². The van der Waals surface area contributed by atoms with Gasteiger partial charge in [-0.1, -0.05) is 24.8 Å². The van der Waals surface area contributed by atoms with Gasteiger partial charge in [-0.15, -0.1) is 0 Å². The van der Waals surface area contributed by atoms with Crippen LogP contribution in [0.4, 0.5) is 0 Å². The number of carbonyl (C=O) groups excluding carboxylic acids is 1. The predicted octanol–water partition coefficient (Wildman–Crippen LogP) is 2.56. The molecule has 0 radical (unpaired) electrons. The highest BCUT2D eigenvalue weighted by atomic mass is 32.2. The second-order valence-electron chi connectivity index (χ2n) is 2.78. The second kappa shape index (κ2) is 5.02. The van der Waals surface area contributed by atoms with Gasteiger partial charge in [-0.3, -0.25) is 9.78 Å². The zero-order valence-electron chi connectivity index (χ0n) is 7.91. The Morgan fingerprint density at radius 2 is 2.38 bits per heavy atom. The number of nitrogens with zero attached hydrogens (tertiary/aromatic N) is 1. The van der Waals surface area contributed by atoms with E-state index in [0.717, 1.165) is 11.3 Å². The highest BCUT2D eigenvalue weighted by molar-refractivity contribution is 8.12. The molecule has 1 heterocycles. The third-order valence-corrected chi connectivity index (χ3v) is 2.80. The molecule has 0 amide bonds. The van der Waals surface area contributed by atoms with Crippen molar-refractivity contribution in [3.63, 3.8) is 0 Å². The van der Waals surface area contributed by atoms with Crippen molar-refractivity contribution in [2.75, 3.05) is 0 Å². The number of pyridine rings is 1. The number of hydrogen-bond acceptors (Lipinski definition) is 3. The van der Waals surface area contributed by atoms with E-state index in [9.17, 15) is 4.79 Å². The Morgan fingerprint density at radius 1 is 1.62 bits per heavy atom. The van der Waals surface area contributed by atoms with Gasteiger partial charge in [0.1, 0.15) is 0 Å².